The summed E-state index contributed by atoms with van der Waals surface area (Å²) in [6, 6.07) is 8.81. The number of hydrogen-bond donors (Lipinski definition) is 0. The lowest BCUT2D eigenvalue weighted by Crippen LogP contribution is -2.10. The highest BCUT2D eigenvalue weighted by Crippen LogP contribution is 2.16. The van der Waals surface area contributed by atoms with Crippen LogP contribution in [0, 0.1) is 17.5 Å². The standard InChI is InChI=1S/C14H9F3O/c15-10-5-2-1-4-9(10)8-13(18)14-11(16)6-3-7-12(14)17/h1-7H,8H2. The lowest BCUT2D eigenvalue weighted by molar-refractivity contribution is 0.0983. The molecule has 0 amide bonds. The van der Waals surface area contributed by atoms with Crippen LogP contribution in [0.2, 0.25) is 0 Å². The van der Waals surface area contributed by atoms with Crippen molar-refractivity contribution in [3.05, 3.63) is 71.0 Å². The van der Waals surface area contributed by atoms with Crippen LogP contribution < -0.4 is 0 Å². The zero-order chi connectivity index (χ0) is 13.1. The first-order valence-corrected chi connectivity index (χ1v) is 5.30. The van der Waals surface area contributed by atoms with Crippen molar-refractivity contribution in [2.75, 3.05) is 0 Å². The van der Waals surface area contributed by atoms with Gasteiger partial charge in [-0.05, 0) is 23.8 Å². The van der Waals surface area contributed by atoms with E-state index in [2.05, 4.69) is 0 Å². The number of ketones is 1. The minimum atomic E-state index is -0.934. The molecule has 0 aromatic heterocycles. The van der Waals surface area contributed by atoms with Gasteiger partial charge in [-0.15, -0.1) is 0 Å². The average molecular weight is 250 g/mol. The Morgan fingerprint density at radius 1 is 0.833 bits per heavy atom. The predicted molar refractivity (Wildman–Crippen MR) is 60.8 cm³/mol. The van der Waals surface area contributed by atoms with Crippen LogP contribution >= 0.6 is 0 Å². The summed E-state index contributed by atoms with van der Waals surface area (Å²) in [5, 5.41) is 0. The first-order valence-electron chi connectivity index (χ1n) is 5.30. The Morgan fingerprint density at radius 2 is 1.39 bits per heavy atom. The molecule has 0 spiro atoms. The fourth-order valence-electron chi connectivity index (χ4n) is 1.67. The highest BCUT2D eigenvalue weighted by atomic mass is 19.1. The van der Waals surface area contributed by atoms with Gasteiger partial charge in [0.25, 0.3) is 0 Å². The first-order chi connectivity index (χ1) is 8.59. The second-order valence-electron chi connectivity index (χ2n) is 3.79. The number of Topliss-reactive ketones (excluding diaryl/α,β-unsaturated/α-hetero) is 1. The molecule has 1 nitrogen and oxygen atoms in total. The molecular formula is C14H9F3O. The Labute approximate surface area is 102 Å². The van der Waals surface area contributed by atoms with Gasteiger partial charge in [0, 0.05) is 6.42 Å². The molecule has 0 saturated carbocycles. The second kappa shape index (κ2) is 5.04. The molecule has 0 unspecified atom stereocenters. The summed E-state index contributed by atoms with van der Waals surface area (Å²) in [5.74, 6) is -3.22. The van der Waals surface area contributed by atoms with E-state index in [1.807, 2.05) is 0 Å². The minimum Gasteiger partial charge on any atom is -0.294 e. The van der Waals surface area contributed by atoms with E-state index >= 15 is 0 Å². The van der Waals surface area contributed by atoms with E-state index in [9.17, 15) is 18.0 Å². The van der Waals surface area contributed by atoms with Gasteiger partial charge < -0.3 is 0 Å². The number of rotatable bonds is 3. The molecule has 4 heteroatoms. The zero-order valence-corrected chi connectivity index (χ0v) is 9.29. The number of carbonyl (C=O) groups is 1. The third kappa shape index (κ3) is 2.42. The molecule has 0 aliphatic carbocycles. The fraction of sp³-hybridized carbons (Fsp3) is 0.0714. The maximum absolute atomic E-state index is 13.3. The summed E-state index contributed by atoms with van der Waals surface area (Å²) in [6.07, 6.45) is -0.371. The Balaban J connectivity index is 2.31. The SMILES string of the molecule is O=C(Cc1ccccc1F)c1c(F)cccc1F. The van der Waals surface area contributed by atoms with E-state index in [1.165, 1.54) is 24.3 Å². The normalized spacial score (nSPS) is 10.4. The third-order valence-corrected chi connectivity index (χ3v) is 2.55. The van der Waals surface area contributed by atoms with Crippen molar-refractivity contribution in [3.63, 3.8) is 0 Å². The van der Waals surface area contributed by atoms with Crippen LogP contribution in [0.5, 0.6) is 0 Å². The molecule has 18 heavy (non-hydrogen) atoms. The van der Waals surface area contributed by atoms with Gasteiger partial charge in [0.2, 0.25) is 0 Å². The summed E-state index contributed by atoms with van der Waals surface area (Å²) in [7, 11) is 0. The van der Waals surface area contributed by atoms with Crippen molar-refractivity contribution in [3.8, 4) is 0 Å². The third-order valence-electron chi connectivity index (χ3n) is 2.55. The summed E-state index contributed by atoms with van der Waals surface area (Å²) >= 11 is 0. The molecule has 92 valence electrons. The van der Waals surface area contributed by atoms with Crippen molar-refractivity contribution in [2.24, 2.45) is 0 Å². The van der Waals surface area contributed by atoms with Gasteiger partial charge in [-0.25, -0.2) is 13.2 Å². The van der Waals surface area contributed by atoms with Crippen LogP contribution in [0.15, 0.2) is 42.5 Å². The van der Waals surface area contributed by atoms with E-state index < -0.39 is 28.8 Å². The summed E-state index contributed by atoms with van der Waals surface area (Å²) < 4.78 is 40.0. The Kier molecular flexibility index (Phi) is 3.46. The summed E-state index contributed by atoms with van der Waals surface area (Å²) in [6.45, 7) is 0. The monoisotopic (exact) mass is 250 g/mol. The molecule has 0 bridgehead atoms. The largest absolute Gasteiger partial charge is 0.294 e. The Bertz CT molecular complexity index is 573. The van der Waals surface area contributed by atoms with Crippen molar-refractivity contribution >= 4 is 5.78 Å². The van der Waals surface area contributed by atoms with Crippen molar-refractivity contribution < 1.29 is 18.0 Å². The fourth-order valence-corrected chi connectivity index (χ4v) is 1.67. The van der Waals surface area contributed by atoms with E-state index in [0.717, 1.165) is 12.1 Å². The van der Waals surface area contributed by atoms with Gasteiger partial charge in [-0.3, -0.25) is 4.79 Å². The molecule has 2 aromatic carbocycles. The lowest BCUT2D eigenvalue weighted by Gasteiger charge is -2.05. The smallest absolute Gasteiger partial charge is 0.173 e. The highest BCUT2D eigenvalue weighted by molar-refractivity contribution is 5.98. The highest BCUT2D eigenvalue weighted by Gasteiger charge is 2.18. The van der Waals surface area contributed by atoms with Crippen molar-refractivity contribution in [1.29, 1.82) is 0 Å². The molecule has 0 heterocycles. The molecule has 2 rings (SSSR count). The second-order valence-corrected chi connectivity index (χ2v) is 3.79. The van der Waals surface area contributed by atoms with Gasteiger partial charge in [0.15, 0.2) is 5.78 Å². The van der Waals surface area contributed by atoms with Crippen LogP contribution in [-0.2, 0) is 6.42 Å². The summed E-state index contributed by atoms with van der Waals surface area (Å²) in [4.78, 5) is 11.8. The van der Waals surface area contributed by atoms with Crippen molar-refractivity contribution in [2.45, 2.75) is 6.42 Å². The van der Waals surface area contributed by atoms with Crippen LogP contribution in [0.1, 0.15) is 15.9 Å². The number of hydrogen-bond acceptors (Lipinski definition) is 1. The summed E-state index contributed by atoms with van der Waals surface area (Å²) in [5.41, 5.74) is -0.508. The van der Waals surface area contributed by atoms with E-state index in [0.29, 0.717) is 0 Å². The maximum atomic E-state index is 13.3. The van der Waals surface area contributed by atoms with Crippen LogP contribution in [0.3, 0.4) is 0 Å². The lowest BCUT2D eigenvalue weighted by atomic mass is 10.0. The number of halogens is 3. The average Bonchev–Trinajstić information content (AvgIpc) is 2.32. The van der Waals surface area contributed by atoms with Gasteiger partial charge in [0.05, 0.1) is 5.56 Å². The molecule has 2 aromatic rings. The molecular weight excluding hydrogens is 241 g/mol. The molecule has 0 aliphatic heterocycles. The van der Waals surface area contributed by atoms with E-state index in [4.69, 9.17) is 0 Å². The molecule has 0 saturated heterocycles. The quantitative estimate of drug-likeness (QED) is 0.761. The van der Waals surface area contributed by atoms with Crippen LogP contribution in [0.25, 0.3) is 0 Å². The maximum Gasteiger partial charge on any atom is 0.173 e. The predicted octanol–water partition coefficient (Wildman–Crippen LogP) is 3.53. The van der Waals surface area contributed by atoms with E-state index in [-0.39, 0.29) is 12.0 Å². The molecule has 0 N–H and O–H groups in total. The van der Waals surface area contributed by atoms with Crippen LogP contribution in [-0.4, -0.2) is 5.78 Å². The Morgan fingerprint density at radius 3 is 2.00 bits per heavy atom. The zero-order valence-electron chi connectivity index (χ0n) is 9.29. The first kappa shape index (κ1) is 12.4. The van der Waals surface area contributed by atoms with Gasteiger partial charge in [-0.2, -0.15) is 0 Å². The minimum absolute atomic E-state index is 0.116. The van der Waals surface area contributed by atoms with Gasteiger partial charge in [-0.1, -0.05) is 24.3 Å². The van der Waals surface area contributed by atoms with Gasteiger partial charge >= 0.3 is 0 Å². The molecule has 0 fully saturated rings. The Hall–Kier alpha value is -2.10. The topological polar surface area (TPSA) is 17.1 Å². The van der Waals surface area contributed by atoms with Crippen molar-refractivity contribution in [1.82, 2.24) is 0 Å². The molecule has 0 atom stereocenters. The number of benzene rings is 2. The molecule has 0 radical (unpaired) electrons. The number of carbonyl (C=O) groups excluding carboxylic acids is 1. The van der Waals surface area contributed by atoms with E-state index in [1.54, 1.807) is 6.07 Å². The van der Waals surface area contributed by atoms with Gasteiger partial charge in [0.1, 0.15) is 17.5 Å². The van der Waals surface area contributed by atoms with Crippen LogP contribution in [0.4, 0.5) is 13.2 Å². The molecule has 0 aliphatic rings.